The Bertz CT molecular complexity index is 1160. The van der Waals surface area contributed by atoms with Gasteiger partial charge in [0.1, 0.15) is 17.9 Å². The quantitative estimate of drug-likeness (QED) is 0.569. The maximum absolute atomic E-state index is 13.1. The fraction of sp³-hybridized carbons (Fsp3) is 0.280. The minimum Gasteiger partial charge on any atom is -0.497 e. The molecule has 1 aliphatic heterocycles. The Balaban J connectivity index is 1.47. The molecule has 0 aliphatic carbocycles. The van der Waals surface area contributed by atoms with Gasteiger partial charge >= 0.3 is 0 Å². The first-order chi connectivity index (χ1) is 16.0. The van der Waals surface area contributed by atoms with Gasteiger partial charge in [0.2, 0.25) is 11.8 Å². The standard InChI is InChI=1S/C25H27N5O3/c1-4-17-5-6-19(28-23-11-16(2)26-15-27-23)13-22(17)29-25(32)18-12-24(31)30(14-18)20-7-9-21(33-3)10-8-20/h5-11,13,15,18H,4,12,14H2,1-3H3,(H,29,32)(H,26,27,28). The number of anilines is 4. The van der Waals surface area contributed by atoms with Crippen molar-refractivity contribution in [2.24, 2.45) is 5.92 Å². The number of amides is 2. The van der Waals surface area contributed by atoms with Crippen molar-refractivity contribution in [2.75, 3.05) is 29.2 Å². The average Bonchev–Trinajstić information content (AvgIpc) is 3.21. The lowest BCUT2D eigenvalue weighted by Gasteiger charge is -2.18. The number of hydrogen-bond donors (Lipinski definition) is 2. The van der Waals surface area contributed by atoms with Crippen LogP contribution in [0, 0.1) is 12.8 Å². The van der Waals surface area contributed by atoms with Gasteiger partial charge < -0.3 is 20.3 Å². The Hall–Kier alpha value is -3.94. The molecule has 0 saturated carbocycles. The Kier molecular flexibility index (Phi) is 6.53. The maximum atomic E-state index is 13.1. The Morgan fingerprint density at radius 2 is 1.94 bits per heavy atom. The molecule has 3 aromatic rings. The molecular weight excluding hydrogens is 418 g/mol. The van der Waals surface area contributed by atoms with Gasteiger partial charge in [0, 0.05) is 41.8 Å². The first-order valence-electron chi connectivity index (χ1n) is 10.9. The third kappa shape index (κ3) is 5.11. The molecule has 8 nitrogen and oxygen atoms in total. The first kappa shape index (κ1) is 22.3. The number of aromatic nitrogens is 2. The molecule has 0 bridgehead atoms. The van der Waals surface area contributed by atoms with Crippen molar-refractivity contribution >= 4 is 34.7 Å². The second kappa shape index (κ2) is 9.68. The molecule has 4 rings (SSSR count). The van der Waals surface area contributed by atoms with Crippen LogP contribution in [0.2, 0.25) is 0 Å². The molecule has 1 aliphatic rings. The highest BCUT2D eigenvalue weighted by Crippen LogP contribution is 2.29. The molecule has 0 spiro atoms. The van der Waals surface area contributed by atoms with E-state index in [4.69, 9.17) is 4.74 Å². The van der Waals surface area contributed by atoms with E-state index in [0.717, 1.165) is 40.5 Å². The molecule has 2 N–H and O–H groups in total. The van der Waals surface area contributed by atoms with Crippen LogP contribution >= 0.6 is 0 Å². The predicted octanol–water partition coefficient (Wildman–Crippen LogP) is 4.09. The van der Waals surface area contributed by atoms with Crippen molar-refractivity contribution in [1.29, 1.82) is 0 Å². The number of ether oxygens (including phenoxy) is 1. The molecule has 1 atom stereocenters. The van der Waals surface area contributed by atoms with Crippen LogP contribution in [-0.2, 0) is 16.0 Å². The lowest BCUT2D eigenvalue weighted by Crippen LogP contribution is -2.28. The first-order valence-corrected chi connectivity index (χ1v) is 10.9. The SMILES string of the molecule is CCc1ccc(Nc2cc(C)ncn2)cc1NC(=O)C1CC(=O)N(c2ccc(OC)cc2)C1. The van der Waals surface area contributed by atoms with Crippen molar-refractivity contribution in [1.82, 2.24) is 9.97 Å². The molecule has 170 valence electrons. The molecule has 2 aromatic carbocycles. The zero-order valence-electron chi connectivity index (χ0n) is 19.0. The smallest absolute Gasteiger partial charge is 0.229 e. The summed E-state index contributed by atoms with van der Waals surface area (Å²) in [7, 11) is 1.60. The van der Waals surface area contributed by atoms with Gasteiger partial charge in [-0.15, -0.1) is 0 Å². The molecule has 2 amide bonds. The topological polar surface area (TPSA) is 96.4 Å². The minimum absolute atomic E-state index is 0.0643. The number of rotatable bonds is 7. The number of carbonyl (C=O) groups excluding carboxylic acids is 2. The van der Waals surface area contributed by atoms with Crippen molar-refractivity contribution in [3.05, 3.63) is 66.1 Å². The fourth-order valence-corrected chi connectivity index (χ4v) is 3.88. The normalized spacial score (nSPS) is 15.4. The Morgan fingerprint density at radius 3 is 2.64 bits per heavy atom. The van der Waals surface area contributed by atoms with Gasteiger partial charge in [0.25, 0.3) is 0 Å². The van der Waals surface area contributed by atoms with E-state index in [-0.39, 0.29) is 18.2 Å². The number of methoxy groups -OCH3 is 1. The summed E-state index contributed by atoms with van der Waals surface area (Å²) >= 11 is 0. The zero-order chi connectivity index (χ0) is 23.4. The Morgan fingerprint density at radius 1 is 1.15 bits per heavy atom. The zero-order valence-corrected chi connectivity index (χ0v) is 19.0. The third-order valence-corrected chi connectivity index (χ3v) is 5.70. The maximum Gasteiger partial charge on any atom is 0.229 e. The highest BCUT2D eigenvalue weighted by Gasteiger charge is 2.35. The van der Waals surface area contributed by atoms with E-state index < -0.39 is 5.92 Å². The van der Waals surface area contributed by atoms with Crippen LogP contribution in [0.4, 0.5) is 22.9 Å². The fourth-order valence-electron chi connectivity index (χ4n) is 3.88. The monoisotopic (exact) mass is 445 g/mol. The summed E-state index contributed by atoms with van der Waals surface area (Å²) in [6.45, 7) is 4.28. The van der Waals surface area contributed by atoms with Gasteiger partial charge in [-0.05, 0) is 55.3 Å². The highest BCUT2D eigenvalue weighted by atomic mass is 16.5. The predicted molar refractivity (Wildman–Crippen MR) is 128 cm³/mol. The van der Waals surface area contributed by atoms with E-state index in [2.05, 4.69) is 20.6 Å². The lowest BCUT2D eigenvalue weighted by atomic mass is 10.1. The number of aryl methyl sites for hydroxylation is 2. The van der Waals surface area contributed by atoms with Gasteiger partial charge in [-0.2, -0.15) is 0 Å². The molecule has 1 fully saturated rings. The summed E-state index contributed by atoms with van der Waals surface area (Å²) in [4.78, 5) is 35.7. The largest absolute Gasteiger partial charge is 0.497 e. The van der Waals surface area contributed by atoms with Crippen LogP contribution < -0.4 is 20.3 Å². The third-order valence-electron chi connectivity index (χ3n) is 5.70. The second-order valence-electron chi connectivity index (χ2n) is 7.99. The number of nitrogens with one attached hydrogen (secondary N) is 2. The summed E-state index contributed by atoms with van der Waals surface area (Å²) in [5.41, 5.74) is 4.18. The van der Waals surface area contributed by atoms with Crippen LogP contribution in [0.1, 0.15) is 24.6 Å². The molecule has 0 radical (unpaired) electrons. The van der Waals surface area contributed by atoms with Crippen LogP contribution in [-0.4, -0.2) is 35.4 Å². The van der Waals surface area contributed by atoms with E-state index in [0.29, 0.717) is 12.4 Å². The van der Waals surface area contributed by atoms with Gasteiger partial charge in [-0.25, -0.2) is 9.97 Å². The molecule has 1 aromatic heterocycles. The Labute approximate surface area is 193 Å². The average molecular weight is 446 g/mol. The summed E-state index contributed by atoms with van der Waals surface area (Å²) < 4.78 is 5.18. The van der Waals surface area contributed by atoms with Gasteiger partial charge in [-0.1, -0.05) is 13.0 Å². The van der Waals surface area contributed by atoms with Crippen LogP contribution in [0.15, 0.2) is 54.9 Å². The summed E-state index contributed by atoms with van der Waals surface area (Å²) in [5.74, 6) is 0.748. The van der Waals surface area contributed by atoms with E-state index in [9.17, 15) is 9.59 Å². The second-order valence-corrected chi connectivity index (χ2v) is 7.99. The van der Waals surface area contributed by atoms with Gasteiger partial charge in [0.05, 0.1) is 13.0 Å². The number of nitrogens with zero attached hydrogens (tertiary/aromatic N) is 3. The molecule has 33 heavy (non-hydrogen) atoms. The summed E-state index contributed by atoms with van der Waals surface area (Å²) in [5, 5.41) is 6.29. The van der Waals surface area contributed by atoms with E-state index >= 15 is 0 Å². The number of benzene rings is 2. The summed E-state index contributed by atoms with van der Waals surface area (Å²) in [6.07, 6.45) is 2.45. The molecule has 2 heterocycles. The number of carbonyl (C=O) groups is 2. The highest BCUT2D eigenvalue weighted by molar-refractivity contribution is 6.03. The van der Waals surface area contributed by atoms with Crippen molar-refractivity contribution in [3.63, 3.8) is 0 Å². The minimum atomic E-state index is -0.426. The van der Waals surface area contributed by atoms with Crippen molar-refractivity contribution in [2.45, 2.75) is 26.7 Å². The summed E-state index contributed by atoms with van der Waals surface area (Å²) in [6, 6.07) is 15.0. The van der Waals surface area contributed by atoms with Crippen LogP contribution in [0.5, 0.6) is 5.75 Å². The van der Waals surface area contributed by atoms with Crippen LogP contribution in [0.25, 0.3) is 0 Å². The lowest BCUT2D eigenvalue weighted by molar-refractivity contribution is -0.122. The number of hydrogen-bond acceptors (Lipinski definition) is 6. The van der Waals surface area contributed by atoms with E-state index in [1.165, 1.54) is 6.33 Å². The molecule has 8 heteroatoms. The van der Waals surface area contributed by atoms with Crippen LogP contribution in [0.3, 0.4) is 0 Å². The molecule has 1 unspecified atom stereocenters. The van der Waals surface area contributed by atoms with Gasteiger partial charge in [0.15, 0.2) is 0 Å². The van der Waals surface area contributed by atoms with Gasteiger partial charge in [-0.3, -0.25) is 9.59 Å². The van der Waals surface area contributed by atoms with E-state index in [1.807, 2.05) is 50.2 Å². The van der Waals surface area contributed by atoms with Crippen molar-refractivity contribution < 1.29 is 14.3 Å². The molecular formula is C25H27N5O3. The van der Waals surface area contributed by atoms with E-state index in [1.54, 1.807) is 24.1 Å². The molecule has 1 saturated heterocycles. The van der Waals surface area contributed by atoms with Crippen molar-refractivity contribution in [3.8, 4) is 5.75 Å².